The van der Waals surface area contributed by atoms with Gasteiger partial charge in [-0.25, -0.2) is 0 Å². The zero-order valence-corrected chi connectivity index (χ0v) is 12.6. The van der Waals surface area contributed by atoms with Crippen LogP contribution in [0, 0.1) is 0 Å². The Morgan fingerprint density at radius 1 is 1.25 bits per heavy atom. The lowest BCUT2D eigenvalue weighted by Crippen LogP contribution is -2.42. The second-order valence-corrected chi connectivity index (χ2v) is 5.36. The summed E-state index contributed by atoms with van der Waals surface area (Å²) < 4.78 is 7.27. The molecule has 1 aromatic rings. The predicted octanol–water partition coefficient (Wildman–Crippen LogP) is 0.995. The van der Waals surface area contributed by atoms with Crippen molar-refractivity contribution in [1.82, 2.24) is 15.2 Å². The number of hydrogen-bond donors (Lipinski definition) is 2. The Morgan fingerprint density at radius 2 is 1.90 bits per heavy atom. The van der Waals surface area contributed by atoms with Gasteiger partial charge in [-0.2, -0.15) is 0 Å². The fourth-order valence-corrected chi connectivity index (χ4v) is 1.58. The van der Waals surface area contributed by atoms with E-state index in [-0.39, 0.29) is 12.5 Å². The lowest BCUT2D eigenvalue weighted by Gasteiger charge is -2.20. The van der Waals surface area contributed by atoms with E-state index >= 15 is 0 Å². The van der Waals surface area contributed by atoms with E-state index in [0.717, 1.165) is 13.1 Å². The van der Waals surface area contributed by atoms with E-state index in [1.807, 2.05) is 45.3 Å². The third kappa shape index (κ3) is 6.82. The maximum atomic E-state index is 11.6. The molecule has 0 fully saturated rings. The van der Waals surface area contributed by atoms with E-state index in [1.54, 1.807) is 7.05 Å². The monoisotopic (exact) mass is 280 g/mol. The van der Waals surface area contributed by atoms with Crippen LogP contribution in [0.25, 0.3) is 0 Å². The third-order valence-electron chi connectivity index (χ3n) is 2.37. The first-order valence-corrected chi connectivity index (χ1v) is 6.68. The van der Waals surface area contributed by atoms with E-state index < -0.39 is 5.60 Å². The van der Waals surface area contributed by atoms with Gasteiger partial charge in [-0.1, -0.05) is 0 Å². The van der Waals surface area contributed by atoms with Crippen molar-refractivity contribution >= 4 is 11.9 Å². The summed E-state index contributed by atoms with van der Waals surface area (Å²) >= 11 is 0. The number of aromatic nitrogens is 1. The van der Waals surface area contributed by atoms with Crippen LogP contribution in [0.2, 0.25) is 0 Å². The molecule has 0 atom stereocenters. The van der Waals surface area contributed by atoms with Crippen LogP contribution in [0.3, 0.4) is 0 Å². The molecule has 2 N–H and O–H groups in total. The molecule has 0 saturated carbocycles. The molecule has 6 heteroatoms. The number of ether oxygens (including phenoxy) is 1. The molecule has 0 amide bonds. The normalized spacial score (nSPS) is 12.1. The lowest BCUT2D eigenvalue weighted by molar-refractivity contribution is -0.153. The third-order valence-corrected chi connectivity index (χ3v) is 2.37. The largest absolute Gasteiger partial charge is 0.459 e. The van der Waals surface area contributed by atoms with Crippen molar-refractivity contribution in [2.45, 2.75) is 32.9 Å². The molecule has 1 heterocycles. The van der Waals surface area contributed by atoms with Gasteiger partial charge in [-0.3, -0.25) is 9.79 Å². The topological polar surface area (TPSA) is 67.7 Å². The number of carbonyl (C=O) groups is 1. The standard InChI is InChI=1S/C14H24N4O2/c1-14(2,3)20-12(19)11-17-13(15-4)16-7-10-18-8-5-6-9-18/h5-6,8-9H,7,10-11H2,1-4H3,(H2,15,16,17). The summed E-state index contributed by atoms with van der Waals surface area (Å²) in [6.07, 6.45) is 4.00. The number of aliphatic imine (C=N–C) groups is 1. The van der Waals surface area contributed by atoms with E-state index in [9.17, 15) is 4.79 Å². The average Bonchev–Trinajstić information content (AvgIpc) is 2.84. The van der Waals surface area contributed by atoms with Crippen LogP contribution in [0.4, 0.5) is 0 Å². The van der Waals surface area contributed by atoms with Gasteiger partial charge in [0.25, 0.3) is 0 Å². The summed E-state index contributed by atoms with van der Waals surface area (Å²) in [5, 5.41) is 6.06. The highest BCUT2D eigenvalue weighted by atomic mass is 16.6. The molecule has 1 rings (SSSR count). The molecule has 0 spiro atoms. The lowest BCUT2D eigenvalue weighted by atomic mass is 10.2. The zero-order valence-electron chi connectivity index (χ0n) is 12.6. The van der Waals surface area contributed by atoms with Crippen molar-refractivity contribution in [1.29, 1.82) is 0 Å². The molecule has 0 bridgehead atoms. The molecule has 0 aliphatic heterocycles. The van der Waals surface area contributed by atoms with Gasteiger partial charge in [0.05, 0.1) is 0 Å². The highest BCUT2D eigenvalue weighted by Crippen LogP contribution is 2.05. The summed E-state index contributed by atoms with van der Waals surface area (Å²) in [7, 11) is 1.67. The maximum absolute atomic E-state index is 11.6. The molecule has 0 aliphatic rings. The highest BCUT2D eigenvalue weighted by Gasteiger charge is 2.16. The Labute approximate surface area is 120 Å². The van der Waals surface area contributed by atoms with E-state index in [4.69, 9.17) is 4.74 Å². The number of nitrogens with zero attached hydrogens (tertiary/aromatic N) is 2. The first-order chi connectivity index (χ1) is 9.40. The van der Waals surface area contributed by atoms with Crippen LogP contribution < -0.4 is 10.6 Å². The Hall–Kier alpha value is -1.98. The fraction of sp³-hybridized carbons (Fsp3) is 0.571. The molecule has 0 unspecified atom stereocenters. The minimum Gasteiger partial charge on any atom is -0.459 e. The molecule has 0 radical (unpaired) electrons. The second kappa shape index (κ2) is 7.57. The van der Waals surface area contributed by atoms with Crippen LogP contribution in [0.1, 0.15) is 20.8 Å². The number of hydrogen-bond acceptors (Lipinski definition) is 3. The first-order valence-electron chi connectivity index (χ1n) is 6.68. The summed E-state index contributed by atoms with van der Waals surface area (Å²) in [4.78, 5) is 15.6. The van der Waals surface area contributed by atoms with Gasteiger partial charge in [-0.05, 0) is 32.9 Å². The fourth-order valence-electron chi connectivity index (χ4n) is 1.58. The highest BCUT2D eigenvalue weighted by molar-refractivity contribution is 5.84. The average molecular weight is 280 g/mol. The Bertz CT molecular complexity index is 433. The van der Waals surface area contributed by atoms with Gasteiger partial charge in [0.2, 0.25) is 0 Å². The molecule has 20 heavy (non-hydrogen) atoms. The summed E-state index contributed by atoms with van der Waals surface area (Å²) in [5.74, 6) is 0.286. The quantitative estimate of drug-likeness (QED) is 0.479. The number of nitrogens with one attached hydrogen (secondary N) is 2. The van der Waals surface area contributed by atoms with Crippen LogP contribution >= 0.6 is 0 Å². The van der Waals surface area contributed by atoms with Gasteiger partial charge in [-0.15, -0.1) is 0 Å². The van der Waals surface area contributed by atoms with Crippen molar-refractivity contribution in [3.05, 3.63) is 24.5 Å². The van der Waals surface area contributed by atoms with E-state index in [0.29, 0.717) is 5.96 Å². The summed E-state index contributed by atoms with van der Waals surface area (Å²) in [5.41, 5.74) is -0.468. The van der Waals surface area contributed by atoms with Crippen molar-refractivity contribution in [3.63, 3.8) is 0 Å². The molecule has 0 saturated heterocycles. The van der Waals surface area contributed by atoms with E-state index in [1.165, 1.54) is 0 Å². The first kappa shape index (κ1) is 16.1. The van der Waals surface area contributed by atoms with Crippen LogP contribution in [-0.4, -0.2) is 42.2 Å². The van der Waals surface area contributed by atoms with Gasteiger partial charge in [0.15, 0.2) is 5.96 Å². The molecule has 6 nitrogen and oxygen atoms in total. The van der Waals surface area contributed by atoms with E-state index in [2.05, 4.69) is 20.2 Å². The Kier molecular flexibility index (Phi) is 6.09. The molecule has 0 aromatic carbocycles. The van der Waals surface area contributed by atoms with Crippen molar-refractivity contribution in [2.75, 3.05) is 20.1 Å². The van der Waals surface area contributed by atoms with Gasteiger partial charge < -0.3 is 19.9 Å². The molecular formula is C14H24N4O2. The van der Waals surface area contributed by atoms with Gasteiger partial charge >= 0.3 is 5.97 Å². The summed E-state index contributed by atoms with van der Waals surface area (Å²) in [6, 6.07) is 3.96. The number of rotatable bonds is 5. The predicted molar refractivity (Wildman–Crippen MR) is 79.6 cm³/mol. The summed E-state index contributed by atoms with van der Waals surface area (Å²) in [6.45, 7) is 7.18. The minimum atomic E-state index is -0.468. The van der Waals surface area contributed by atoms with Crippen LogP contribution in [0.5, 0.6) is 0 Å². The zero-order chi connectivity index (χ0) is 15.0. The Balaban J connectivity index is 2.24. The minimum absolute atomic E-state index is 0.0977. The molecule has 112 valence electrons. The molecule has 0 aliphatic carbocycles. The van der Waals surface area contributed by atoms with Crippen LogP contribution in [0.15, 0.2) is 29.5 Å². The van der Waals surface area contributed by atoms with Crippen LogP contribution in [-0.2, 0) is 16.1 Å². The number of esters is 1. The molecular weight excluding hydrogens is 256 g/mol. The van der Waals surface area contributed by atoms with Gasteiger partial charge in [0.1, 0.15) is 12.1 Å². The Morgan fingerprint density at radius 3 is 2.45 bits per heavy atom. The second-order valence-electron chi connectivity index (χ2n) is 5.36. The SMILES string of the molecule is CN=C(NCCn1cccc1)NCC(=O)OC(C)(C)C. The number of carbonyl (C=O) groups excluding carboxylic acids is 1. The van der Waals surface area contributed by atoms with Gasteiger partial charge in [0, 0.05) is 32.5 Å². The van der Waals surface area contributed by atoms with Crippen molar-refractivity contribution in [2.24, 2.45) is 4.99 Å². The van der Waals surface area contributed by atoms with Crippen molar-refractivity contribution < 1.29 is 9.53 Å². The molecule has 1 aromatic heterocycles. The number of guanidine groups is 1. The maximum Gasteiger partial charge on any atom is 0.325 e. The van der Waals surface area contributed by atoms with Crippen molar-refractivity contribution in [3.8, 4) is 0 Å². The smallest absolute Gasteiger partial charge is 0.325 e.